The van der Waals surface area contributed by atoms with Gasteiger partial charge < -0.3 is 29.6 Å². The van der Waals surface area contributed by atoms with Crippen LogP contribution in [0.1, 0.15) is 42.1 Å². The number of urea groups is 1. The molecule has 4 rings (SSSR count). The second-order valence-corrected chi connectivity index (χ2v) is 10.7. The molecule has 0 radical (unpaired) electrons. The number of nitrogens with zero attached hydrogens (tertiary/aromatic N) is 1. The van der Waals surface area contributed by atoms with E-state index in [-0.39, 0.29) is 30.3 Å². The van der Waals surface area contributed by atoms with Crippen LogP contribution in [0, 0.1) is 6.92 Å². The zero-order valence-electron chi connectivity index (χ0n) is 25.0. The number of halogens is 2. The standard InChI is InChI=1S/C32H32Cl2N4O7/c1-5-43-31(40)28-19(3)36-32(41)37-29(28)22-10-11-25(26(14-22)42-4)44-17-27(39)38-35-15-21-12-23(33)30(24(34)13-21)45-16-20-8-6-18(2)7-9-20/h6-15,29H,5,16-17H2,1-4H3,(H,38,39)(H2,36,37,41)/b35-15-/t29-/m1/s1. The Bertz CT molecular complexity index is 1620. The number of hydrogen-bond donors (Lipinski definition) is 3. The van der Waals surface area contributed by atoms with Gasteiger partial charge in [0.15, 0.2) is 23.9 Å². The molecule has 0 aliphatic carbocycles. The fraction of sp³-hybridized carbons (Fsp3) is 0.250. The highest BCUT2D eigenvalue weighted by Gasteiger charge is 2.32. The van der Waals surface area contributed by atoms with Gasteiger partial charge in [0, 0.05) is 5.70 Å². The van der Waals surface area contributed by atoms with Crippen molar-refractivity contribution in [3.05, 3.63) is 98.2 Å². The van der Waals surface area contributed by atoms with Crippen LogP contribution in [-0.4, -0.2) is 44.4 Å². The van der Waals surface area contributed by atoms with Crippen LogP contribution >= 0.6 is 23.2 Å². The molecule has 1 aliphatic rings. The summed E-state index contributed by atoms with van der Waals surface area (Å²) in [5.74, 6) is -0.207. The normalized spacial score (nSPS) is 14.4. The molecule has 0 spiro atoms. The van der Waals surface area contributed by atoms with E-state index < -0.39 is 23.9 Å². The summed E-state index contributed by atoms with van der Waals surface area (Å²) in [4.78, 5) is 37.2. The molecule has 0 unspecified atom stereocenters. The number of carbonyl (C=O) groups excluding carboxylic acids is 3. The Morgan fingerprint density at radius 2 is 1.71 bits per heavy atom. The summed E-state index contributed by atoms with van der Waals surface area (Å²) in [6.07, 6.45) is 1.39. The van der Waals surface area contributed by atoms with Crippen LogP contribution < -0.4 is 30.3 Å². The third kappa shape index (κ3) is 8.68. The van der Waals surface area contributed by atoms with Gasteiger partial charge in [0.05, 0.1) is 41.6 Å². The SMILES string of the molecule is CCOC(=O)C1=C(C)NC(=O)N[C@@H]1c1ccc(OCC(=O)N/N=C\c2cc(Cl)c(OCc3ccc(C)cc3)c(Cl)c2)c(OC)c1. The second-order valence-electron chi connectivity index (χ2n) is 9.87. The topological polar surface area (TPSA) is 137 Å². The van der Waals surface area contributed by atoms with Crippen LogP contribution in [0.4, 0.5) is 4.79 Å². The van der Waals surface area contributed by atoms with Gasteiger partial charge in [-0.2, -0.15) is 5.10 Å². The molecule has 0 aromatic heterocycles. The van der Waals surface area contributed by atoms with Crippen molar-refractivity contribution in [2.45, 2.75) is 33.4 Å². The van der Waals surface area contributed by atoms with Crippen LogP contribution in [0.25, 0.3) is 0 Å². The van der Waals surface area contributed by atoms with Crippen molar-refractivity contribution in [2.75, 3.05) is 20.3 Å². The first-order valence-corrected chi connectivity index (χ1v) is 14.6. The maximum absolute atomic E-state index is 12.6. The zero-order valence-corrected chi connectivity index (χ0v) is 26.5. The van der Waals surface area contributed by atoms with E-state index in [1.54, 1.807) is 44.2 Å². The predicted molar refractivity (Wildman–Crippen MR) is 170 cm³/mol. The number of allylic oxidation sites excluding steroid dienone is 1. The minimum absolute atomic E-state index is 0.177. The highest BCUT2D eigenvalue weighted by molar-refractivity contribution is 6.37. The summed E-state index contributed by atoms with van der Waals surface area (Å²) in [7, 11) is 1.43. The van der Waals surface area contributed by atoms with Crippen molar-refractivity contribution in [3.8, 4) is 17.2 Å². The monoisotopic (exact) mass is 654 g/mol. The summed E-state index contributed by atoms with van der Waals surface area (Å²) in [5, 5.41) is 9.86. The highest BCUT2D eigenvalue weighted by Crippen LogP contribution is 2.36. The number of methoxy groups -OCH3 is 1. The molecule has 3 aromatic rings. The average molecular weight is 656 g/mol. The molecule has 3 aromatic carbocycles. The highest BCUT2D eigenvalue weighted by atomic mass is 35.5. The number of aryl methyl sites for hydroxylation is 1. The first kappa shape index (κ1) is 33.2. The summed E-state index contributed by atoms with van der Waals surface area (Å²) < 4.78 is 22.1. The van der Waals surface area contributed by atoms with Gasteiger partial charge in [0.1, 0.15) is 6.61 Å². The fourth-order valence-corrected chi connectivity index (χ4v) is 5.01. The maximum Gasteiger partial charge on any atom is 0.338 e. The molecule has 0 saturated carbocycles. The van der Waals surface area contributed by atoms with E-state index in [2.05, 4.69) is 21.2 Å². The van der Waals surface area contributed by atoms with E-state index in [9.17, 15) is 14.4 Å². The van der Waals surface area contributed by atoms with E-state index in [1.165, 1.54) is 13.3 Å². The lowest BCUT2D eigenvalue weighted by Crippen LogP contribution is -2.45. The van der Waals surface area contributed by atoms with Gasteiger partial charge in [-0.15, -0.1) is 0 Å². The van der Waals surface area contributed by atoms with Crippen LogP contribution in [0.3, 0.4) is 0 Å². The van der Waals surface area contributed by atoms with Gasteiger partial charge in [-0.25, -0.2) is 15.0 Å². The Morgan fingerprint density at radius 3 is 2.38 bits per heavy atom. The number of hydrazone groups is 1. The number of nitrogens with one attached hydrogen (secondary N) is 3. The molecule has 0 saturated heterocycles. The van der Waals surface area contributed by atoms with E-state index in [0.717, 1.165) is 11.1 Å². The summed E-state index contributed by atoms with van der Waals surface area (Å²) in [6.45, 7) is 5.42. The van der Waals surface area contributed by atoms with Crippen molar-refractivity contribution in [3.63, 3.8) is 0 Å². The first-order chi connectivity index (χ1) is 21.6. The van der Waals surface area contributed by atoms with Crippen molar-refractivity contribution in [1.29, 1.82) is 0 Å². The Morgan fingerprint density at radius 1 is 1.00 bits per heavy atom. The number of benzene rings is 3. The largest absolute Gasteiger partial charge is 0.493 e. The van der Waals surface area contributed by atoms with Crippen LogP contribution in [-0.2, 0) is 20.9 Å². The molecule has 1 atom stereocenters. The Hall–Kier alpha value is -4.74. The van der Waals surface area contributed by atoms with Crippen LogP contribution in [0.5, 0.6) is 17.2 Å². The summed E-state index contributed by atoms with van der Waals surface area (Å²) in [5.41, 5.74) is 6.24. The van der Waals surface area contributed by atoms with E-state index in [4.69, 9.17) is 42.1 Å². The predicted octanol–water partition coefficient (Wildman–Crippen LogP) is 5.61. The zero-order chi connectivity index (χ0) is 32.5. The molecule has 45 heavy (non-hydrogen) atoms. The van der Waals surface area contributed by atoms with E-state index >= 15 is 0 Å². The first-order valence-electron chi connectivity index (χ1n) is 13.8. The fourth-order valence-electron chi connectivity index (χ4n) is 4.39. The Balaban J connectivity index is 1.35. The molecule has 0 fully saturated rings. The van der Waals surface area contributed by atoms with E-state index in [1.807, 2.05) is 31.2 Å². The van der Waals surface area contributed by atoms with Gasteiger partial charge in [-0.3, -0.25) is 4.79 Å². The lowest BCUT2D eigenvalue weighted by atomic mass is 9.95. The number of amides is 3. The molecular formula is C32H32Cl2N4O7. The minimum Gasteiger partial charge on any atom is -0.493 e. The van der Waals surface area contributed by atoms with Gasteiger partial charge in [0.25, 0.3) is 5.91 Å². The Labute approximate surface area is 270 Å². The molecule has 3 N–H and O–H groups in total. The van der Waals surface area contributed by atoms with Crippen molar-refractivity contribution < 1.29 is 33.3 Å². The summed E-state index contributed by atoms with van der Waals surface area (Å²) in [6, 6.07) is 14.7. The van der Waals surface area contributed by atoms with Crippen molar-refractivity contribution in [1.82, 2.24) is 16.1 Å². The third-order valence-corrected chi connectivity index (χ3v) is 7.13. The molecule has 11 nitrogen and oxygen atoms in total. The van der Waals surface area contributed by atoms with Crippen molar-refractivity contribution >= 4 is 47.3 Å². The average Bonchev–Trinajstić information content (AvgIpc) is 3.00. The maximum atomic E-state index is 12.6. The molecular weight excluding hydrogens is 623 g/mol. The minimum atomic E-state index is -0.783. The molecule has 3 amide bonds. The number of ether oxygens (including phenoxy) is 4. The lowest BCUT2D eigenvalue weighted by Gasteiger charge is -2.28. The number of esters is 1. The van der Waals surface area contributed by atoms with Gasteiger partial charge >= 0.3 is 12.0 Å². The van der Waals surface area contributed by atoms with Crippen LogP contribution in [0.2, 0.25) is 10.0 Å². The number of rotatable bonds is 12. The lowest BCUT2D eigenvalue weighted by molar-refractivity contribution is -0.139. The third-order valence-electron chi connectivity index (χ3n) is 6.57. The smallest absolute Gasteiger partial charge is 0.338 e. The Kier molecular flexibility index (Phi) is 11.3. The molecule has 1 heterocycles. The van der Waals surface area contributed by atoms with Gasteiger partial charge in [-0.05, 0) is 61.7 Å². The number of hydrogen-bond acceptors (Lipinski definition) is 8. The van der Waals surface area contributed by atoms with E-state index in [0.29, 0.717) is 39.2 Å². The van der Waals surface area contributed by atoms with Crippen molar-refractivity contribution in [2.24, 2.45) is 5.10 Å². The van der Waals surface area contributed by atoms with Gasteiger partial charge in [-0.1, -0.05) is 59.1 Å². The summed E-state index contributed by atoms with van der Waals surface area (Å²) >= 11 is 12.8. The molecule has 1 aliphatic heterocycles. The molecule has 236 valence electrons. The molecule has 0 bridgehead atoms. The van der Waals surface area contributed by atoms with Crippen LogP contribution in [0.15, 0.2) is 71.0 Å². The second kappa shape index (κ2) is 15.3. The number of carbonyl (C=O) groups is 3. The quantitative estimate of drug-likeness (QED) is 0.131. The van der Waals surface area contributed by atoms with Gasteiger partial charge in [0.2, 0.25) is 0 Å². The molecule has 13 heteroatoms.